The molecule has 0 amide bonds. The molecule has 1 unspecified atom stereocenters. The van der Waals surface area contributed by atoms with Gasteiger partial charge in [0, 0.05) is 9.75 Å². The minimum Gasteiger partial charge on any atom is -0.383 e. The zero-order valence-electron chi connectivity index (χ0n) is 13.5. The van der Waals surface area contributed by atoms with Crippen molar-refractivity contribution in [2.45, 2.75) is 54.6 Å². The Hall–Kier alpha value is -1.12. The van der Waals surface area contributed by atoms with Crippen molar-refractivity contribution >= 4 is 11.3 Å². The molecule has 1 nitrogen and oxygen atoms in total. The molecule has 0 saturated heterocycles. The fourth-order valence-corrected chi connectivity index (χ4v) is 3.86. The van der Waals surface area contributed by atoms with Gasteiger partial charge in [-0.15, -0.1) is 11.3 Å². The van der Waals surface area contributed by atoms with Gasteiger partial charge in [0.25, 0.3) is 0 Å². The van der Waals surface area contributed by atoms with Gasteiger partial charge in [-0.2, -0.15) is 0 Å². The zero-order chi connectivity index (χ0) is 15.2. The smallest absolute Gasteiger partial charge is 0.114 e. The lowest BCUT2D eigenvalue weighted by atomic mass is 9.87. The molecule has 2 rings (SSSR count). The van der Waals surface area contributed by atoms with Crippen LogP contribution in [-0.2, 0) is 0 Å². The number of aliphatic hydroxyl groups excluding tert-OH is 1. The van der Waals surface area contributed by atoms with Crippen molar-refractivity contribution in [2.75, 3.05) is 0 Å². The van der Waals surface area contributed by atoms with E-state index in [0.29, 0.717) is 0 Å². The van der Waals surface area contributed by atoms with Gasteiger partial charge in [-0.25, -0.2) is 0 Å². The van der Waals surface area contributed by atoms with E-state index >= 15 is 0 Å². The monoisotopic (exact) mass is 288 g/mol. The fourth-order valence-electron chi connectivity index (χ4n) is 2.82. The average Bonchev–Trinajstić information content (AvgIpc) is 2.74. The normalized spacial score (nSPS) is 12.8. The number of hydrogen-bond acceptors (Lipinski definition) is 2. The van der Waals surface area contributed by atoms with Gasteiger partial charge in [0.1, 0.15) is 6.10 Å². The number of benzene rings is 1. The Bertz CT molecular complexity index is 616. The third kappa shape index (κ3) is 2.32. The third-order valence-corrected chi connectivity index (χ3v) is 5.99. The molecule has 0 spiro atoms. The summed E-state index contributed by atoms with van der Waals surface area (Å²) in [5, 5.41) is 10.8. The second-order valence-electron chi connectivity index (χ2n) is 5.83. The predicted molar refractivity (Wildman–Crippen MR) is 88.0 cm³/mol. The van der Waals surface area contributed by atoms with E-state index in [1.165, 1.54) is 38.3 Å². The standard InChI is InChI=1S/C18H24OS/c1-9-8-16(20-15(9)7)18(19)17-13(5)11(3)10(2)12(4)14(17)6/h8,18-19H,1-7H3. The highest BCUT2D eigenvalue weighted by Crippen LogP contribution is 2.36. The molecular formula is C18H24OS. The molecule has 0 aliphatic heterocycles. The SMILES string of the molecule is Cc1cc(C(O)c2c(C)c(C)c(C)c(C)c2C)sc1C. The number of aliphatic hydroxyl groups is 1. The maximum Gasteiger partial charge on any atom is 0.114 e. The highest BCUT2D eigenvalue weighted by Gasteiger charge is 2.21. The van der Waals surface area contributed by atoms with Crippen LogP contribution in [0.3, 0.4) is 0 Å². The largest absolute Gasteiger partial charge is 0.383 e. The van der Waals surface area contributed by atoms with E-state index in [1.54, 1.807) is 11.3 Å². The molecule has 108 valence electrons. The molecule has 1 atom stereocenters. The maximum absolute atomic E-state index is 10.8. The molecule has 1 aromatic carbocycles. The van der Waals surface area contributed by atoms with Crippen molar-refractivity contribution in [2.24, 2.45) is 0 Å². The van der Waals surface area contributed by atoms with Crippen molar-refractivity contribution < 1.29 is 5.11 Å². The van der Waals surface area contributed by atoms with Gasteiger partial charge >= 0.3 is 0 Å². The van der Waals surface area contributed by atoms with Crippen molar-refractivity contribution in [3.05, 3.63) is 54.8 Å². The average molecular weight is 288 g/mol. The summed E-state index contributed by atoms with van der Waals surface area (Å²) >= 11 is 1.70. The van der Waals surface area contributed by atoms with Crippen LogP contribution in [-0.4, -0.2) is 5.11 Å². The summed E-state index contributed by atoms with van der Waals surface area (Å²) < 4.78 is 0. The Balaban J connectivity index is 2.63. The van der Waals surface area contributed by atoms with Crippen LogP contribution in [0.2, 0.25) is 0 Å². The molecule has 0 saturated carbocycles. The van der Waals surface area contributed by atoms with Crippen molar-refractivity contribution in [1.82, 2.24) is 0 Å². The minimum atomic E-state index is -0.509. The van der Waals surface area contributed by atoms with Crippen LogP contribution in [0.25, 0.3) is 0 Å². The van der Waals surface area contributed by atoms with Gasteiger partial charge < -0.3 is 5.11 Å². The van der Waals surface area contributed by atoms with Crippen molar-refractivity contribution in [3.63, 3.8) is 0 Å². The van der Waals surface area contributed by atoms with Gasteiger partial charge in [0.2, 0.25) is 0 Å². The van der Waals surface area contributed by atoms with Gasteiger partial charge in [-0.1, -0.05) is 0 Å². The Kier molecular flexibility index (Phi) is 4.08. The topological polar surface area (TPSA) is 20.2 Å². The zero-order valence-corrected chi connectivity index (χ0v) is 14.3. The quantitative estimate of drug-likeness (QED) is 0.825. The molecule has 0 bridgehead atoms. The summed E-state index contributed by atoms with van der Waals surface area (Å²) in [5.41, 5.74) is 8.74. The van der Waals surface area contributed by atoms with Crippen LogP contribution in [0.15, 0.2) is 6.07 Å². The molecule has 2 aromatic rings. The van der Waals surface area contributed by atoms with E-state index in [4.69, 9.17) is 0 Å². The first-order valence-corrected chi connectivity index (χ1v) is 7.89. The summed E-state index contributed by atoms with van der Waals surface area (Å²) in [7, 11) is 0. The molecule has 0 fully saturated rings. The number of thiophene rings is 1. The second kappa shape index (κ2) is 5.34. The van der Waals surface area contributed by atoms with Crippen molar-refractivity contribution in [3.8, 4) is 0 Å². The predicted octanol–water partition coefficient (Wildman–Crippen LogP) is 4.99. The van der Waals surface area contributed by atoms with E-state index in [9.17, 15) is 5.11 Å². The Morgan fingerprint density at radius 1 is 0.800 bits per heavy atom. The first-order valence-electron chi connectivity index (χ1n) is 7.07. The van der Waals surface area contributed by atoms with Gasteiger partial charge in [-0.3, -0.25) is 0 Å². The summed E-state index contributed by atoms with van der Waals surface area (Å²) in [4.78, 5) is 2.34. The van der Waals surface area contributed by atoms with Crippen molar-refractivity contribution in [1.29, 1.82) is 0 Å². The molecule has 1 aromatic heterocycles. The van der Waals surface area contributed by atoms with Crippen LogP contribution in [0.4, 0.5) is 0 Å². The second-order valence-corrected chi connectivity index (χ2v) is 7.12. The first-order chi connectivity index (χ1) is 9.25. The van der Waals surface area contributed by atoms with Gasteiger partial charge in [0.15, 0.2) is 0 Å². The van der Waals surface area contributed by atoms with E-state index in [1.807, 2.05) is 0 Å². The highest BCUT2D eigenvalue weighted by atomic mass is 32.1. The van der Waals surface area contributed by atoms with E-state index in [2.05, 4.69) is 54.5 Å². The molecule has 0 aliphatic rings. The number of aryl methyl sites for hydroxylation is 2. The van der Waals surface area contributed by atoms with Crippen LogP contribution in [0.1, 0.15) is 54.8 Å². The molecule has 1 heterocycles. The lowest BCUT2D eigenvalue weighted by Gasteiger charge is -2.22. The first kappa shape index (κ1) is 15.3. The molecule has 0 radical (unpaired) electrons. The van der Waals surface area contributed by atoms with Crippen LogP contribution >= 0.6 is 11.3 Å². The maximum atomic E-state index is 10.8. The van der Waals surface area contributed by atoms with Crippen LogP contribution < -0.4 is 0 Å². The Morgan fingerprint density at radius 3 is 1.65 bits per heavy atom. The fraction of sp³-hybridized carbons (Fsp3) is 0.444. The highest BCUT2D eigenvalue weighted by molar-refractivity contribution is 7.12. The van der Waals surface area contributed by atoms with E-state index in [0.717, 1.165) is 10.4 Å². The minimum absolute atomic E-state index is 0.509. The van der Waals surface area contributed by atoms with Crippen LogP contribution in [0, 0.1) is 48.5 Å². The third-order valence-electron chi connectivity index (χ3n) is 4.79. The van der Waals surface area contributed by atoms with Crippen LogP contribution in [0.5, 0.6) is 0 Å². The molecule has 2 heteroatoms. The number of rotatable bonds is 2. The Labute approximate surface area is 126 Å². The summed E-state index contributed by atoms with van der Waals surface area (Å²) in [6.07, 6.45) is -0.509. The Morgan fingerprint density at radius 2 is 1.25 bits per heavy atom. The van der Waals surface area contributed by atoms with Gasteiger partial charge in [-0.05, 0) is 93.5 Å². The lowest BCUT2D eigenvalue weighted by molar-refractivity contribution is 0.222. The van der Waals surface area contributed by atoms with E-state index in [-0.39, 0.29) is 0 Å². The molecular weight excluding hydrogens is 264 g/mol. The molecule has 0 aliphatic carbocycles. The number of hydrogen-bond donors (Lipinski definition) is 1. The summed E-state index contributed by atoms with van der Waals surface area (Å²) in [6, 6.07) is 2.12. The van der Waals surface area contributed by atoms with Gasteiger partial charge in [0.05, 0.1) is 0 Å². The molecule has 1 N–H and O–H groups in total. The van der Waals surface area contributed by atoms with E-state index < -0.39 is 6.10 Å². The lowest BCUT2D eigenvalue weighted by Crippen LogP contribution is -2.08. The molecule has 20 heavy (non-hydrogen) atoms. The summed E-state index contributed by atoms with van der Waals surface area (Å²) in [6.45, 7) is 14.9. The summed E-state index contributed by atoms with van der Waals surface area (Å²) in [5.74, 6) is 0.